The van der Waals surface area contributed by atoms with Crippen LogP contribution in [-0.2, 0) is 6.42 Å². The first-order valence-electron chi connectivity index (χ1n) is 4.84. The fourth-order valence-electron chi connectivity index (χ4n) is 1.23. The summed E-state index contributed by atoms with van der Waals surface area (Å²) in [5.74, 6) is -0.418. The first-order chi connectivity index (χ1) is 7.96. The summed E-state index contributed by atoms with van der Waals surface area (Å²) < 4.78 is 45.3. The van der Waals surface area contributed by atoms with Crippen molar-refractivity contribution in [1.29, 1.82) is 5.26 Å². The minimum absolute atomic E-state index is 0.00603. The lowest BCUT2D eigenvalue weighted by Gasteiger charge is -2.14. The van der Waals surface area contributed by atoms with Crippen molar-refractivity contribution in [3.05, 3.63) is 23.8 Å². The van der Waals surface area contributed by atoms with Gasteiger partial charge in [0, 0.05) is 0 Å². The third-order valence-electron chi connectivity index (χ3n) is 1.82. The molecule has 0 aliphatic carbocycles. The summed E-state index contributed by atoms with van der Waals surface area (Å²) in [4.78, 5) is 0. The van der Waals surface area contributed by atoms with E-state index in [0.29, 0.717) is 5.56 Å². The number of benzene rings is 1. The van der Waals surface area contributed by atoms with Crippen molar-refractivity contribution in [1.82, 2.24) is 0 Å². The van der Waals surface area contributed by atoms with Gasteiger partial charge in [-0.25, -0.2) is 0 Å². The molecular formula is C11H10F3NO2. The standard InChI is InChI=1S/C11H10F3NO2/c1-2-16-9-4-3-8(5-6-15)7-10(9)17-11(12,13)14/h3-4,7H,2,5H2,1H3. The Morgan fingerprint density at radius 1 is 1.29 bits per heavy atom. The van der Waals surface area contributed by atoms with Crippen LogP contribution in [0.4, 0.5) is 13.2 Å². The topological polar surface area (TPSA) is 42.2 Å². The van der Waals surface area contributed by atoms with E-state index < -0.39 is 12.1 Å². The van der Waals surface area contributed by atoms with E-state index in [2.05, 4.69) is 4.74 Å². The van der Waals surface area contributed by atoms with Crippen LogP contribution in [-0.4, -0.2) is 13.0 Å². The Morgan fingerprint density at radius 3 is 2.53 bits per heavy atom. The number of hydrogen-bond acceptors (Lipinski definition) is 3. The smallest absolute Gasteiger partial charge is 0.490 e. The van der Waals surface area contributed by atoms with Gasteiger partial charge in [0.05, 0.1) is 19.1 Å². The zero-order valence-electron chi connectivity index (χ0n) is 9.04. The molecular weight excluding hydrogens is 235 g/mol. The third-order valence-corrected chi connectivity index (χ3v) is 1.82. The van der Waals surface area contributed by atoms with E-state index in [4.69, 9.17) is 10.00 Å². The lowest BCUT2D eigenvalue weighted by Crippen LogP contribution is -2.18. The second kappa shape index (κ2) is 5.43. The molecule has 0 aliphatic rings. The average molecular weight is 245 g/mol. The van der Waals surface area contributed by atoms with Crippen molar-refractivity contribution < 1.29 is 22.6 Å². The zero-order valence-corrected chi connectivity index (χ0v) is 9.04. The van der Waals surface area contributed by atoms with Gasteiger partial charge < -0.3 is 9.47 Å². The highest BCUT2D eigenvalue weighted by Gasteiger charge is 2.32. The number of ether oxygens (including phenoxy) is 2. The van der Waals surface area contributed by atoms with Gasteiger partial charge in [0.2, 0.25) is 0 Å². The molecule has 0 spiro atoms. The van der Waals surface area contributed by atoms with Crippen LogP contribution in [0.3, 0.4) is 0 Å². The fourth-order valence-corrected chi connectivity index (χ4v) is 1.23. The van der Waals surface area contributed by atoms with Gasteiger partial charge in [-0.2, -0.15) is 5.26 Å². The van der Waals surface area contributed by atoms with Crippen molar-refractivity contribution in [2.75, 3.05) is 6.61 Å². The second-order valence-electron chi connectivity index (χ2n) is 3.10. The van der Waals surface area contributed by atoms with Crippen molar-refractivity contribution in [3.8, 4) is 17.6 Å². The molecule has 0 atom stereocenters. The molecule has 0 N–H and O–H groups in total. The van der Waals surface area contributed by atoms with Crippen LogP contribution in [0, 0.1) is 11.3 Å². The van der Waals surface area contributed by atoms with Gasteiger partial charge in [0.25, 0.3) is 0 Å². The lowest BCUT2D eigenvalue weighted by molar-refractivity contribution is -0.275. The van der Waals surface area contributed by atoms with Crippen LogP contribution in [0.2, 0.25) is 0 Å². The number of rotatable bonds is 4. The lowest BCUT2D eigenvalue weighted by atomic mass is 10.1. The third kappa shape index (κ3) is 4.23. The van der Waals surface area contributed by atoms with Gasteiger partial charge in [0.15, 0.2) is 11.5 Å². The minimum atomic E-state index is -4.78. The van der Waals surface area contributed by atoms with Gasteiger partial charge in [0.1, 0.15) is 0 Å². The highest BCUT2D eigenvalue weighted by molar-refractivity contribution is 5.43. The molecule has 0 bridgehead atoms. The Labute approximate surface area is 96.4 Å². The molecule has 17 heavy (non-hydrogen) atoms. The van der Waals surface area contributed by atoms with Gasteiger partial charge in [-0.05, 0) is 24.6 Å². The molecule has 0 aliphatic heterocycles. The van der Waals surface area contributed by atoms with E-state index in [1.54, 1.807) is 6.92 Å². The van der Waals surface area contributed by atoms with Crippen molar-refractivity contribution >= 4 is 0 Å². The van der Waals surface area contributed by atoms with Crippen LogP contribution >= 0.6 is 0 Å². The summed E-state index contributed by atoms with van der Waals surface area (Å²) in [6, 6.07) is 5.89. The van der Waals surface area contributed by atoms with Crippen LogP contribution in [0.5, 0.6) is 11.5 Å². The number of alkyl halides is 3. The fraction of sp³-hybridized carbons (Fsp3) is 0.364. The number of hydrogen-bond donors (Lipinski definition) is 0. The van der Waals surface area contributed by atoms with E-state index >= 15 is 0 Å². The molecule has 6 heteroatoms. The van der Waals surface area contributed by atoms with Crippen LogP contribution in [0.15, 0.2) is 18.2 Å². The van der Waals surface area contributed by atoms with E-state index in [1.807, 2.05) is 6.07 Å². The largest absolute Gasteiger partial charge is 0.573 e. The van der Waals surface area contributed by atoms with Crippen LogP contribution in [0.1, 0.15) is 12.5 Å². The molecule has 0 fully saturated rings. The van der Waals surface area contributed by atoms with E-state index in [0.717, 1.165) is 6.07 Å². The Hall–Kier alpha value is -1.90. The molecule has 0 aromatic heterocycles. The van der Waals surface area contributed by atoms with Crippen molar-refractivity contribution in [2.24, 2.45) is 0 Å². The summed E-state index contributed by atoms with van der Waals surface area (Å²) in [6.07, 6.45) is -4.77. The van der Waals surface area contributed by atoms with E-state index in [9.17, 15) is 13.2 Å². The molecule has 3 nitrogen and oxygen atoms in total. The molecule has 1 rings (SSSR count). The predicted octanol–water partition coefficient (Wildman–Crippen LogP) is 3.05. The van der Waals surface area contributed by atoms with E-state index in [1.165, 1.54) is 12.1 Å². The summed E-state index contributed by atoms with van der Waals surface area (Å²) in [6.45, 7) is 1.88. The van der Waals surface area contributed by atoms with Crippen molar-refractivity contribution in [3.63, 3.8) is 0 Å². The normalized spacial score (nSPS) is 10.8. The van der Waals surface area contributed by atoms with Gasteiger partial charge >= 0.3 is 6.36 Å². The second-order valence-corrected chi connectivity index (χ2v) is 3.10. The van der Waals surface area contributed by atoms with Crippen molar-refractivity contribution in [2.45, 2.75) is 19.7 Å². The van der Waals surface area contributed by atoms with Crippen LogP contribution in [0.25, 0.3) is 0 Å². The van der Waals surface area contributed by atoms with Gasteiger partial charge in [-0.3, -0.25) is 0 Å². The molecule has 0 unspecified atom stereocenters. The SMILES string of the molecule is CCOc1ccc(CC#N)cc1OC(F)(F)F. The zero-order chi connectivity index (χ0) is 12.9. The number of nitrogens with zero attached hydrogens (tertiary/aromatic N) is 1. The number of nitriles is 1. The molecule has 0 radical (unpaired) electrons. The maximum Gasteiger partial charge on any atom is 0.573 e. The van der Waals surface area contributed by atoms with Crippen LogP contribution < -0.4 is 9.47 Å². The summed E-state index contributed by atoms with van der Waals surface area (Å²) in [5.41, 5.74) is 0.440. The van der Waals surface area contributed by atoms with E-state index in [-0.39, 0.29) is 18.8 Å². The molecule has 0 amide bonds. The first kappa shape index (κ1) is 13.2. The Morgan fingerprint density at radius 2 is 2.00 bits per heavy atom. The molecule has 0 heterocycles. The highest BCUT2D eigenvalue weighted by Crippen LogP contribution is 2.33. The molecule has 92 valence electrons. The molecule has 1 aromatic rings. The number of halogens is 3. The Bertz CT molecular complexity index is 424. The average Bonchev–Trinajstić information content (AvgIpc) is 2.20. The molecule has 0 saturated carbocycles. The Kier molecular flexibility index (Phi) is 4.21. The summed E-state index contributed by atoms with van der Waals surface area (Å²) in [7, 11) is 0. The molecule has 0 saturated heterocycles. The summed E-state index contributed by atoms with van der Waals surface area (Å²) in [5, 5.41) is 8.47. The maximum absolute atomic E-state index is 12.1. The Balaban J connectivity index is 3.03. The maximum atomic E-state index is 12.1. The molecule has 1 aromatic carbocycles. The minimum Gasteiger partial charge on any atom is -0.490 e. The first-order valence-corrected chi connectivity index (χ1v) is 4.84. The quantitative estimate of drug-likeness (QED) is 0.818. The highest BCUT2D eigenvalue weighted by atomic mass is 19.4. The predicted molar refractivity (Wildman–Crippen MR) is 53.6 cm³/mol. The summed E-state index contributed by atoms with van der Waals surface area (Å²) >= 11 is 0. The van der Waals surface area contributed by atoms with Gasteiger partial charge in [-0.15, -0.1) is 13.2 Å². The van der Waals surface area contributed by atoms with Gasteiger partial charge in [-0.1, -0.05) is 6.07 Å². The monoisotopic (exact) mass is 245 g/mol.